The van der Waals surface area contributed by atoms with E-state index in [-0.39, 0.29) is 5.91 Å². The van der Waals surface area contributed by atoms with Crippen LogP contribution in [0.3, 0.4) is 0 Å². The number of thiophene rings is 1. The molecule has 3 aromatic rings. The Kier molecular flexibility index (Phi) is 8.76. The molecule has 0 aliphatic carbocycles. The van der Waals surface area contributed by atoms with Gasteiger partial charge >= 0.3 is 0 Å². The average molecular weight is 423 g/mol. The van der Waals surface area contributed by atoms with Crippen LogP contribution in [-0.2, 0) is 19.3 Å². The van der Waals surface area contributed by atoms with E-state index < -0.39 is 0 Å². The Hall–Kier alpha value is -2.33. The van der Waals surface area contributed by atoms with Crippen molar-refractivity contribution in [1.29, 1.82) is 0 Å². The minimum Gasteiger partial charge on any atom is -0.352 e. The van der Waals surface area contributed by atoms with Crippen molar-refractivity contribution in [3.05, 3.63) is 75.7 Å². The molecule has 160 valence electrons. The van der Waals surface area contributed by atoms with Crippen LogP contribution >= 0.6 is 11.3 Å². The van der Waals surface area contributed by atoms with E-state index in [9.17, 15) is 4.79 Å². The molecule has 1 aromatic carbocycles. The summed E-state index contributed by atoms with van der Waals surface area (Å²) < 4.78 is 2.30. The van der Waals surface area contributed by atoms with Crippen LogP contribution < -0.4 is 5.32 Å². The second-order valence-electron chi connectivity index (χ2n) is 7.83. The molecule has 0 atom stereocenters. The van der Waals surface area contributed by atoms with Crippen LogP contribution in [0.2, 0.25) is 0 Å². The molecule has 0 saturated heterocycles. The van der Waals surface area contributed by atoms with E-state index in [0.29, 0.717) is 6.54 Å². The Morgan fingerprint density at radius 1 is 0.900 bits per heavy atom. The topological polar surface area (TPSA) is 34.0 Å². The molecule has 0 radical (unpaired) electrons. The molecule has 4 heteroatoms. The third-order valence-corrected chi connectivity index (χ3v) is 6.59. The second-order valence-corrected chi connectivity index (χ2v) is 8.99. The molecule has 1 N–H and O–H groups in total. The first-order valence-corrected chi connectivity index (χ1v) is 12.2. The highest BCUT2D eigenvalue weighted by Gasteiger charge is 2.09. The Balaban J connectivity index is 1.52. The summed E-state index contributed by atoms with van der Waals surface area (Å²) in [5.74, 6) is 0.0384. The number of nitrogens with one attached hydrogen (secondary N) is 1. The summed E-state index contributed by atoms with van der Waals surface area (Å²) in [5, 5.41) is 2.87. The van der Waals surface area contributed by atoms with E-state index in [1.54, 1.807) is 11.3 Å². The molecule has 0 aliphatic rings. The Labute approximate surface area is 185 Å². The van der Waals surface area contributed by atoms with Gasteiger partial charge in [0.15, 0.2) is 0 Å². The van der Waals surface area contributed by atoms with Gasteiger partial charge in [0.2, 0.25) is 0 Å². The van der Waals surface area contributed by atoms with Crippen LogP contribution in [0.15, 0.2) is 54.7 Å². The van der Waals surface area contributed by atoms with Crippen LogP contribution in [0.5, 0.6) is 0 Å². The Morgan fingerprint density at radius 3 is 2.50 bits per heavy atom. The summed E-state index contributed by atoms with van der Waals surface area (Å²) in [6.45, 7) is 4.87. The van der Waals surface area contributed by atoms with Crippen molar-refractivity contribution in [2.75, 3.05) is 6.54 Å². The molecule has 0 spiro atoms. The van der Waals surface area contributed by atoms with Gasteiger partial charge in [-0.25, -0.2) is 0 Å². The number of nitrogens with zero attached hydrogens (tertiary/aromatic N) is 1. The molecular formula is C26H34N2OS. The van der Waals surface area contributed by atoms with Crippen molar-refractivity contribution < 1.29 is 4.79 Å². The zero-order valence-electron chi connectivity index (χ0n) is 18.3. The van der Waals surface area contributed by atoms with Crippen LogP contribution in [0, 0.1) is 0 Å². The summed E-state index contributed by atoms with van der Waals surface area (Å²) in [7, 11) is 0. The summed E-state index contributed by atoms with van der Waals surface area (Å²) in [6.07, 6.45) is 11.7. The molecule has 0 unspecified atom stereocenters. The van der Waals surface area contributed by atoms with Crippen molar-refractivity contribution in [3.63, 3.8) is 0 Å². The fourth-order valence-electron chi connectivity index (χ4n) is 3.78. The molecule has 0 aliphatic heterocycles. The van der Waals surface area contributed by atoms with E-state index in [2.05, 4.69) is 65.5 Å². The highest BCUT2D eigenvalue weighted by molar-refractivity contribution is 7.14. The van der Waals surface area contributed by atoms with Crippen molar-refractivity contribution in [1.82, 2.24) is 9.88 Å². The third kappa shape index (κ3) is 6.33. The minimum atomic E-state index is 0.0384. The van der Waals surface area contributed by atoms with Gasteiger partial charge in [-0.1, -0.05) is 38.3 Å². The first-order valence-electron chi connectivity index (χ1n) is 11.3. The van der Waals surface area contributed by atoms with E-state index in [1.807, 2.05) is 13.0 Å². The zero-order chi connectivity index (χ0) is 21.2. The number of hydrogen-bond acceptors (Lipinski definition) is 2. The predicted molar refractivity (Wildman–Crippen MR) is 128 cm³/mol. The normalized spacial score (nSPS) is 11.0. The van der Waals surface area contributed by atoms with Crippen LogP contribution in [-0.4, -0.2) is 17.0 Å². The molecule has 2 aromatic heterocycles. The number of rotatable bonds is 12. The molecule has 30 heavy (non-hydrogen) atoms. The number of unbranched alkanes of at least 4 members (excludes halogenated alkanes) is 3. The summed E-state index contributed by atoms with van der Waals surface area (Å²) in [4.78, 5) is 14.0. The van der Waals surface area contributed by atoms with Crippen LogP contribution in [0.25, 0.3) is 5.69 Å². The lowest BCUT2D eigenvalue weighted by Gasteiger charge is -2.10. The number of aromatic nitrogens is 1. The van der Waals surface area contributed by atoms with Gasteiger partial charge < -0.3 is 9.88 Å². The standard InChI is InChI=1S/C26H34N2OS/c1-3-5-6-7-10-21-14-16-23(17-15-21)28-20-9-12-22(28)11-8-13-24-18-19-25(30-24)26(29)27-4-2/h9,12,14-20H,3-8,10-11,13H2,1-2H3,(H,27,29). The van der Waals surface area contributed by atoms with Gasteiger partial charge in [0, 0.05) is 29.0 Å². The van der Waals surface area contributed by atoms with Crippen LogP contribution in [0.1, 0.15) is 71.8 Å². The maximum Gasteiger partial charge on any atom is 0.261 e. The number of carbonyl (C=O) groups excluding carboxylic acids is 1. The highest BCUT2D eigenvalue weighted by atomic mass is 32.1. The molecule has 0 bridgehead atoms. The molecule has 3 nitrogen and oxygen atoms in total. The monoisotopic (exact) mass is 422 g/mol. The second kappa shape index (κ2) is 11.8. The smallest absolute Gasteiger partial charge is 0.261 e. The number of carbonyl (C=O) groups is 1. The summed E-state index contributed by atoms with van der Waals surface area (Å²) in [5.41, 5.74) is 4.01. The number of benzene rings is 1. The summed E-state index contributed by atoms with van der Waals surface area (Å²) >= 11 is 1.61. The van der Waals surface area contributed by atoms with Gasteiger partial charge in [0.1, 0.15) is 0 Å². The third-order valence-electron chi connectivity index (χ3n) is 5.45. The SMILES string of the molecule is CCCCCCc1ccc(-n2cccc2CCCc2ccc(C(=O)NCC)s2)cc1. The van der Waals surface area contributed by atoms with Gasteiger partial charge in [-0.2, -0.15) is 0 Å². The lowest BCUT2D eigenvalue weighted by atomic mass is 10.1. The van der Waals surface area contributed by atoms with Crippen molar-refractivity contribution in [3.8, 4) is 5.69 Å². The first-order chi connectivity index (χ1) is 14.7. The molecule has 0 fully saturated rings. The van der Waals surface area contributed by atoms with E-state index in [1.165, 1.54) is 53.9 Å². The lowest BCUT2D eigenvalue weighted by molar-refractivity contribution is 0.0960. The maximum atomic E-state index is 11.9. The Morgan fingerprint density at radius 2 is 1.73 bits per heavy atom. The maximum absolute atomic E-state index is 11.9. The van der Waals surface area contributed by atoms with E-state index in [4.69, 9.17) is 0 Å². The molecule has 0 saturated carbocycles. The van der Waals surface area contributed by atoms with E-state index in [0.717, 1.165) is 24.1 Å². The molecule has 2 heterocycles. The largest absolute Gasteiger partial charge is 0.352 e. The van der Waals surface area contributed by atoms with Gasteiger partial charge in [-0.05, 0) is 81.0 Å². The average Bonchev–Trinajstić information content (AvgIpc) is 3.42. The quantitative estimate of drug-likeness (QED) is 0.328. The fraction of sp³-hybridized carbons (Fsp3) is 0.423. The molecule has 3 rings (SSSR count). The van der Waals surface area contributed by atoms with Crippen molar-refractivity contribution in [2.24, 2.45) is 0 Å². The van der Waals surface area contributed by atoms with Gasteiger partial charge in [-0.15, -0.1) is 11.3 Å². The first kappa shape index (κ1) is 22.4. The number of aryl methyl sites for hydroxylation is 3. The van der Waals surface area contributed by atoms with Crippen molar-refractivity contribution >= 4 is 17.2 Å². The fourth-order valence-corrected chi connectivity index (χ4v) is 4.74. The van der Waals surface area contributed by atoms with Gasteiger partial charge in [0.05, 0.1) is 4.88 Å². The van der Waals surface area contributed by atoms with Gasteiger partial charge in [-0.3, -0.25) is 4.79 Å². The minimum absolute atomic E-state index is 0.0384. The molecular weight excluding hydrogens is 388 g/mol. The predicted octanol–water partition coefficient (Wildman–Crippen LogP) is 6.59. The van der Waals surface area contributed by atoms with Crippen molar-refractivity contribution in [2.45, 2.75) is 65.2 Å². The highest BCUT2D eigenvalue weighted by Crippen LogP contribution is 2.21. The Bertz CT molecular complexity index is 907. The molecule has 1 amide bonds. The zero-order valence-corrected chi connectivity index (χ0v) is 19.1. The number of hydrogen-bond donors (Lipinski definition) is 1. The number of amides is 1. The van der Waals surface area contributed by atoms with Crippen LogP contribution in [0.4, 0.5) is 0 Å². The summed E-state index contributed by atoms with van der Waals surface area (Å²) in [6, 6.07) is 17.4. The van der Waals surface area contributed by atoms with Gasteiger partial charge in [0.25, 0.3) is 5.91 Å². The van der Waals surface area contributed by atoms with E-state index >= 15 is 0 Å². The lowest BCUT2D eigenvalue weighted by Crippen LogP contribution is -2.21.